The van der Waals surface area contributed by atoms with Crippen molar-refractivity contribution in [2.24, 2.45) is 0 Å². The fourth-order valence-corrected chi connectivity index (χ4v) is 4.76. The lowest BCUT2D eigenvalue weighted by molar-refractivity contribution is -0.138. The van der Waals surface area contributed by atoms with Crippen molar-refractivity contribution >= 4 is 22.8 Å². The first-order valence-electron chi connectivity index (χ1n) is 13.1. The van der Waals surface area contributed by atoms with Gasteiger partial charge in [0.05, 0.1) is 18.0 Å². The molecule has 3 aromatic carbocycles. The maximum Gasteiger partial charge on any atom is 0.416 e. The second-order valence-corrected chi connectivity index (χ2v) is 9.60. The maximum atomic E-state index is 13.0. The molecular formula is C31H31F3N2O3. The Kier molecular flexibility index (Phi) is 8.74. The first kappa shape index (κ1) is 28.0. The topological polar surface area (TPSA) is 71.3 Å². The summed E-state index contributed by atoms with van der Waals surface area (Å²) in [5.41, 5.74) is 3.43. The minimum absolute atomic E-state index is 0.0371. The van der Waals surface area contributed by atoms with Crippen LogP contribution in [0.2, 0.25) is 0 Å². The molecule has 5 nitrogen and oxygen atoms in total. The largest absolute Gasteiger partial charge is 0.481 e. The highest BCUT2D eigenvalue weighted by Gasteiger charge is 2.30. The number of benzene rings is 3. The summed E-state index contributed by atoms with van der Waals surface area (Å²) in [6.07, 6.45) is 1.65. The van der Waals surface area contributed by atoms with E-state index in [0.717, 1.165) is 65.4 Å². The van der Waals surface area contributed by atoms with Crippen LogP contribution in [0.1, 0.15) is 66.6 Å². The average Bonchev–Trinajstić information content (AvgIpc) is 3.33. The molecular weight excluding hydrogens is 505 g/mol. The van der Waals surface area contributed by atoms with Crippen LogP contribution in [0.4, 0.5) is 13.2 Å². The Morgan fingerprint density at radius 1 is 0.923 bits per heavy atom. The summed E-state index contributed by atoms with van der Waals surface area (Å²) in [5.74, 6) is -1.28. The van der Waals surface area contributed by atoms with Crippen LogP contribution >= 0.6 is 0 Å². The fraction of sp³-hybridized carbons (Fsp3) is 0.290. The number of fused-ring (bicyclic) bond motifs is 1. The highest BCUT2D eigenvalue weighted by atomic mass is 19.4. The zero-order valence-electron chi connectivity index (χ0n) is 21.7. The number of carboxylic acids is 1. The van der Waals surface area contributed by atoms with Crippen LogP contribution < -0.4 is 5.32 Å². The van der Waals surface area contributed by atoms with E-state index in [2.05, 4.69) is 16.8 Å². The lowest BCUT2D eigenvalue weighted by Gasteiger charge is -2.21. The van der Waals surface area contributed by atoms with Gasteiger partial charge in [0.1, 0.15) is 0 Å². The molecule has 2 N–H and O–H groups in total. The molecule has 0 aliphatic rings. The Labute approximate surface area is 225 Å². The molecule has 1 unspecified atom stereocenters. The molecule has 1 aromatic heterocycles. The molecule has 1 heterocycles. The van der Waals surface area contributed by atoms with Crippen LogP contribution in [0.3, 0.4) is 0 Å². The van der Waals surface area contributed by atoms with Crippen molar-refractivity contribution in [3.05, 3.63) is 95.7 Å². The molecule has 39 heavy (non-hydrogen) atoms. The molecule has 1 atom stereocenters. The maximum absolute atomic E-state index is 13.0. The number of aromatic nitrogens is 1. The second-order valence-electron chi connectivity index (χ2n) is 9.60. The molecule has 0 spiro atoms. The molecule has 8 heteroatoms. The summed E-state index contributed by atoms with van der Waals surface area (Å²) >= 11 is 0. The number of carbonyl (C=O) groups is 2. The number of carboxylic acid groups (broad SMARTS) is 1. The van der Waals surface area contributed by atoms with Crippen molar-refractivity contribution in [1.29, 1.82) is 0 Å². The standard InChI is InChI=1S/C31H31F3N2O3/c1-2-3-4-5-27(22-6-8-23(9-7-22)30(39)35-18-16-29(37)38)36-19-17-25-20-24(12-15-28(25)36)21-10-13-26(14-11-21)31(32,33)34/h6-15,17,19-20,27H,2-5,16,18H2,1H3,(H,35,39)(H,37,38). The summed E-state index contributed by atoms with van der Waals surface area (Å²) in [6.45, 7) is 2.22. The first-order valence-corrected chi connectivity index (χ1v) is 13.1. The Hall–Kier alpha value is -4.07. The molecule has 4 aromatic rings. The van der Waals surface area contributed by atoms with Crippen molar-refractivity contribution in [1.82, 2.24) is 9.88 Å². The smallest absolute Gasteiger partial charge is 0.416 e. The zero-order chi connectivity index (χ0) is 28.0. The monoisotopic (exact) mass is 536 g/mol. The minimum Gasteiger partial charge on any atom is -0.481 e. The van der Waals surface area contributed by atoms with E-state index in [1.165, 1.54) is 12.1 Å². The molecule has 0 fully saturated rings. The lowest BCUT2D eigenvalue weighted by Crippen LogP contribution is -2.26. The third-order valence-electron chi connectivity index (χ3n) is 6.86. The van der Waals surface area contributed by atoms with E-state index in [-0.39, 0.29) is 24.9 Å². The van der Waals surface area contributed by atoms with Crippen molar-refractivity contribution in [3.63, 3.8) is 0 Å². The van der Waals surface area contributed by atoms with Gasteiger partial charge in [-0.2, -0.15) is 13.2 Å². The predicted octanol–water partition coefficient (Wildman–Crippen LogP) is 7.70. The van der Waals surface area contributed by atoms with Crippen molar-refractivity contribution in [2.75, 3.05) is 6.54 Å². The van der Waals surface area contributed by atoms with Gasteiger partial charge in [-0.15, -0.1) is 0 Å². The van der Waals surface area contributed by atoms with Gasteiger partial charge in [-0.3, -0.25) is 9.59 Å². The van der Waals surface area contributed by atoms with E-state index >= 15 is 0 Å². The van der Waals surface area contributed by atoms with Crippen LogP contribution in [0.5, 0.6) is 0 Å². The highest BCUT2D eigenvalue weighted by Crippen LogP contribution is 2.34. The second kappa shape index (κ2) is 12.2. The van der Waals surface area contributed by atoms with Gasteiger partial charge in [0, 0.05) is 29.2 Å². The number of hydrogen-bond donors (Lipinski definition) is 2. The van der Waals surface area contributed by atoms with Crippen molar-refractivity contribution in [3.8, 4) is 11.1 Å². The molecule has 0 aliphatic carbocycles. The number of amides is 1. The number of carbonyl (C=O) groups excluding carboxylic acids is 1. The summed E-state index contributed by atoms with van der Waals surface area (Å²) < 4.78 is 41.1. The summed E-state index contributed by atoms with van der Waals surface area (Å²) in [6, 6.07) is 20.5. The number of halogens is 3. The van der Waals surface area contributed by atoms with Gasteiger partial charge in [0.2, 0.25) is 0 Å². The fourth-order valence-electron chi connectivity index (χ4n) is 4.76. The van der Waals surface area contributed by atoms with Gasteiger partial charge in [-0.05, 0) is 65.6 Å². The number of rotatable bonds is 11. The van der Waals surface area contributed by atoms with Gasteiger partial charge < -0.3 is 15.0 Å². The molecule has 4 rings (SSSR count). The Morgan fingerprint density at radius 2 is 1.62 bits per heavy atom. The van der Waals surface area contributed by atoms with Gasteiger partial charge >= 0.3 is 12.1 Å². The van der Waals surface area contributed by atoms with Gasteiger partial charge in [-0.1, -0.05) is 56.5 Å². The van der Waals surface area contributed by atoms with Crippen LogP contribution in [-0.4, -0.2) is 28.1 Å². The Bertz CT molecular complexity index is 1420. The molecule has 204 valence electrons. The summed E-state index contributed by atoms with van der Waals surface area (Å²) in [4.78, 5) is 23.1. The minimum atomic E-state index is -4.37. The van der Waals surface area contributed by atoms with E-state index in [1.54, 1.807) is 12.1 Å². The van der Waals surface area contributed by atoms with Crippen LogP contribution in [0.15, 0.2) is 79.0 Å². The van der Waals surface area contributed by atoms with E-state index in [9.17, 15) is 22.8 Å². The Balaban J connectivity index is 1.59. The van der Waals surface area contributed by atoms with Gasteiger partial charge in [-0.25, -0.2) is 0 Å². The SMILES string of the molecule is CCCCCC(c1ccc(C(=O)NCCC(=O)O)cc1)n1ccc2cc(-c3ccc(C(F)(F)F)cc3)ccc21. The number of alkyl halides is 3. The van der Waals surface area contributed by atoms with E-state index in [1.807, 2.05) is 42.6 Å². The van der Waals surface area contributed by atoms with Crippen LogP contribution in [0, 0.1) is 0 Å². The normalized spacial score (nSPS) is 12.4. The number of hydrogen-bond acceptors (Lipinski definition) is 2. The number of aliphatic carboxylic acids is 1. The van der Waals surface area contributed by atoms with E-state index in [4.69, 9.17) is 5.11 Å². The molecule has 1 amide bonds. The predicted molar refractivity (Wildman–Crippen MR) is 146 cm³/mol. The quantitative estimate of drug-likeness (QED) is 0.193. The first-order chi connectivity index (χ1) is 18.7. The average molecular weight is 537 g/mol. The summed E-state index contributed by atoms with van der Waals surface area (Å²) in [5, 5.41) is 12.4. The number of unbranched alkanes of at least 4 members (excludes halogenated alkanes) is 2. The summed E-state index contributed by atoms with van der Waals surface area (Å²) in [7, 11) is 0. The third kappa shape index (κ3) is 6.88. The van der Waals surface area contributed by atoms with Crippen LogP contribution in [0.25, 0.3) is 22.0 Å². The molecule has 0 radical (unpaired) electrons. The lowest BCUT2D eigenvalue weighted by atomic mass is 9.98. The van der Waals surface area contributed by atoms with Crippen molar-refractivity contribution < 1.29 is 27.9 Å². The zero-order valence-corrected chi connectivity index (χ0v) is 21.7. The van der Waals surface area contributed by atoms with Crippen molar-refractivity contribution in [2.45, 2.75) is 51.2 Å². The van der Waals surface area contributed by atoms with E-state index < -0.39 is 17.7 Å². The number of nitrogens with one attached hydrogen (secondary N) is 1. The van der Waals surface area contributed by atoms with E-state index in [0.29, 0.717) is 5.56 Å². The Morgan fingerprint density at radius 3 is 2.26 bits per heavy atom. The molecule has 0 bridgehead atoms. The molecule has 0 saturated heterocycles. The highest BCUT2D eigenvalue weighted by molar-refractivity contribution is 5.94. The van der Waals surface area contributed by atoms with Gasteiger partial charge in [0.25, 0.3) is 5.91 Å². The molecule has 0 aliphatic heterocycles. The van der Waals surface area contributed by atoms with Crippen LogP contribution in [-0.2, 0) is 11.0 Å². The van der Waals surface area contributed by atoms with Gasteiger partial charge in [0.15, 0.2) is 0 Å². The third-order valence-corrected chi connectivity index (χ3v) is 6.86. The number of nitrogens with zero attached hydrogens (tertiary/aromatic N) is 1. The molecule has 0 saturated carbocycles.